The molecule has 0 unspecified atom stereocenters. The number of rotatable bonds is 6. The summed E-state index contributed by atoms with van der Waals surface area (Å²) in [6.45, 7) is 5.75. The highest BCUT2D eigenvalue weighted by Crippen LogP contribution is 2.26. The molecule has 6 heteroatoms. The average Bonchev–Trinajstić information content (AvgIpc) is 2.67. The lowest BCUT2D eigenvalue weighted by Gasteiger charge is -2.30. The van der Waals surface area contributed by atoms with Crippen LogP contribution in [0, 0.1) is 0 Å². The number of hydrogen-bond acceptors (Lipinski definition) is 5. The van der Waals surface area contributed by atoms with Crippen molar-refractivity contribution in [3.8, 4) is 0 Å². The first-order valence-electron chi connectivity index (χ1n) is 8.79. The Bertz CT molecular complexity index is 760. The molecule has 0 aliphatic carbocycles. The molecule has 2 aromatic carbocycles. The van der Waals surface area contributed by atoms with Crippen LogP contribution in [0.5, 0.6) is 0 Å². The van der Waals surface area contributed by atoms with E-state index >= 15 is 0 Å². The Balaban J connectivity index is 1.80. The molecular formula is C20H23BrN2O3. The summed E-state index contributed by atoms with van der Waals surface area (Å²) in [6.07, 6.45) is 0. The topological polar surface area (TPSA) is 50.8 Å². The lowest BCUT2D eigenvalue weighted by atomic mass is 10.1. The van der Waals surface area contributed by atoms with Crippen LogP contribution in [-0.4, -0.2) is 38.9 Å². The quantitative estimate of drug-likeness (QED) is 0.716. The van der Waals surface area contributed by atoms with Crippen LogP contribution in [0.15, 0.2) is 46.9 Å². The van der Waals surface area contributed by atoms with E-state index in [0.717, 1.165) is 34.5 Å². The maximum absolute atomic E-state index is 12.5. The molecule has 1 heterocycles. The Labute approximate surface area is 162 Å². The van der Waals surface area contributed by atoms with Crippen LogP contribution in [0.1, 0.15) is 22.8 Å². The molecular weight excluding hydrogens is 396 g/mol. The number of esters is 1. The molecule has 1 aliphatic heterocycles. The summed E-state index contributed by atoms with van der Waals surface area (Å²) in [5.41, 5.74) is 3.55. The van der Waals surface area contributed by atoms with Crippen LogP contribution < -0.4 is 10.2 Å². The third kappa shape index (κ3) is 4.77. The highest BCUT2D eigenvalue weighted by molar-refractivity contribution is 9.10. The Hall–Kier alpha value is -2.05. The number of nitrogens with one attached hydrogen (secondary N) is 1. The number of ether oxygens (including phenoxy) is 2. The second-order valence-electron chi connectivity index (χ2n) is 6.04. The Morgan fingerprint density at radius 2 is 2.04 bits per heavy atom. The minimum Gasteiger partial charge on any atom is -0.462 e. The molecule has 5 nitrogen and oxygen atoms in total. The van der Waals surface area contributed by atoms with E-state index in [1.165, 1.54) is 0 Å². The van der Waals surface area contributed by atoms with E-state index in [2.05, 4.69) is 38.3 Å². The largest absolute Gasteiger partial charge is 0.462 e. The SMILES string of the molecule is CCOC(=O)c1cc(NCc2cccc(Br)c2)ccc1N1CCOCC1. The van der Waals surface area contributed by atoms with Gasteiger partial charge in [0.05, 0.1) is 31.1 Å². The first-order valence-corrected chi connectivity index (χ1v) is 9.59. The first-order chi connectivity index (χ1) is 12.7. The molecule has 0 amide bonds. The normalized spacial score (nSPS) is 14.2. The van der Waals surface area contributed by atoms with Crippen molar-refractivity contribution in [2.24, 2.45) is 0 Å². The molecule has 1 aliphatic rings. The van der Waals surface area contributed by atoms with Gasteiger partial charge in [-0.1, -0.05) is 28.1 Å². The molecule has 1 fully saturated rings. The van der Waals surface area contributed by atoms with Crippen LogP contribution in [0.4, 0.5) is 11.4 Å². The second-order valence-corrected chi connectivity index (χ2v) is 6.95. The number of halogens is 1. The molecule has 138 valence electrons. The minimum absolute atomic E-state index is 0.292. The van der Waals surface area contributed by atoms with Gasteiger partial charge in [-0.05, 0) is 42.8 Å². The summed E-state index contributed by atoms with van der Waals surface area (Å²) in [4.78, 5) is 14.6. The summed E-state index contributed by atoms with van der Waals surface area (Å²) < 4.78 is 11.7. The molecule has 0 radical (unpaired) electrons. The highest BCUT2D eigenvalue weighted by Gasteiger charge is 2.20. The maximum atomic E-state index is 12.5. The second kappa shape index (κ2) is 9.05. The predicted octanol–water partition coefficient (Wildman–Crippen LogP) is 4.07. The van der Waals surface area contributed by atoms with E-state index in [0.29, 0.717) is 31.9 Å². The van der Waals surface area contributed by atoms with Gasteiger partial charge in [0.1, 0.15) is 0 Å². The summed E-state index contributed by atoms with van der Waals surface area (Å²) >= 11 is 3.49. The van der Waals surface area contributed by atoms with Gasteiger partial charge in [0.25, 0.3) is 0 Å². The molecule has 0 atom stereocenters. The molecule has 1 N–H and O–H groups in total. The van der Waals surface area contributed by atoms with Gasteiger partial charge in [-0.2, -0.15) is 0 Å². The number of anilines is 2. The fourth-order valence-corrected chi connectivity index (χ4v) is 3.40. The van der Waals surface area contributed by atoms with Crippen LogP contribution in [0.3, 0.4) is 0 Å². The molecule has 2 aromatic rings. The van der Waals surface area contributed by atoms with Gasteiger partial charge in [-0.25, -0.2) is 4.79 Å². The van der Waals surface area contributed by atoms with Gasteiger partial charge in [-0.15, -0.1) is 0 Å². The fourth-order valence-electron chi connectivity index (χ4n) is 2.95. The Morgan fingerprint density at radius 3 is 2.77 bits per heavy atom. The number of benzene rings is 2. The summed E-state index contributed by atoms with van der Waals surface area (Å²) in [6, 6.07) is 14.0. The third-order valence-electron chi connectivity index (χ3n) is 4.23. The van der Waals surface area contributed by atoms with Crippen molar-refractivity contribution in [3.05, 3.63) is 58.1 Å². The van der Waals surface area contributed by atoms with Gasteiger partial charge in [0.2, 0.25) is 0 Å². The zero-order chi connectivity index (χ0) is 18.4. The molecule has 0 spiro atoms. The van der Waals surface area contributed by atoms with E-state index in [-0.39, 0.29) is 5.97 Å². The minimum atomic E-state index is -0.292. The van der Waals surface area contributed by atoms with Crippen molar-refractivity contribution in [1.82, 2.24) is 0 Å². The van der Waals surface area contributed by atoms with Crippen LogP contribution in [0.25, 0.3) is 0 Å². The van der Waals surface area contributed by atoms with E-state index in [9.17, 15) is 4.79 Å². The van der Waals surface area contributed by atoms with Gasteiger partial charge < -0.3 is 19.7 Å². The van der Waals surface area contributed by atoms with Crippen molar-refractivity contribution in [2.75, 3.05) is 43.1 Å². The fraction of sp³-hybridized carbons (Fsp3) is 0.350. The van der Waals surface area contributed by atoms with E-state index in [1.807, 2.05) is 37.3 Å². The molecule has 3 rings (SSSR count). The van der Waals surface area contributed by atoms with Crippen LogP contribution in [-0.2, 0) is 16.0 Å². The van der Waals surface area contributed by atoms with Gasteiger partial charge in [0, 0.05) is 29.8 Å². The zero-order valence-corrected chi connectivity index (χ0v) is 16.4. The number of hydrogen-bond donors (Lipinski definition) is 1. The van der Waals surface area contributed by atoms with Crippen molar-refractivity contribution < 1.29 is 14.3 Å². The molecule has 0 saturated carbocycles. The highest BCUT2D eigenvalue weighted by atomic mass is 79.9. The van der Waals surface area contributed by atoms with Crippen LogP contribution in [0.2, 0.25) is 0 Å². The predicted molar refractivity (Wildman–Crippen MR) is 107 cm³/mol. The molecule has 26 heavy (non-hydrogen) atoms. The van der Waals surface area contributed by atoms with Crippen molar-refractivity contribution in [3.63, 3.8) is 0 Å². The number of nitrogens with zero attached hydrogens (tertiary/aromatic N) is 1. The van der Waals surface area contributed by atoms with Crippen molar-refractivity contribution in [2.45, 2.75) is 13.5 Å². The Kier molecular flexibility index (Phi) is 6.52. The van der Waals surface area contributed by atoms with E-state index in [1.54, 1.807) is 0 Å². The smallest absolute Gasteiger partial charge is 0.340 e. The van der Waals surface area contributed by atoms with Crippen molar-refractivity contribution >= 4 is 33.3 Å². The lowest BCUT2D eigenvalue weighted by molar-refractivity contribution is 0.0526. The lowest BCUT2D eigenvalue weighted by Crippen LogP contribution is -2.37. The summed E-state index contributed by atoms with van der Waals surface area (Å²) in [5.74, 6) is -0.292. The number of morpholine rings is 1. The number of carbonyl (C=O) groups is 1. The third-order valence-corrected chi connectivity index (χ3v) is 4.72. The number of carbonyl (C=O) groups excluding carboxylic acids is 1. The van der Waals surface area contributed by atoms with Crippen molar-refractivity contribution in [1.29, 1.82) is 0 Å². The van der Waals surface area contributed by atoms with Gasteiger partial charge in [-0.3, -0.25) is 0 Å². The first kappa shape index (κ1) is 18.7. The average molecular weight is 419 g/mol. The monoisotopic (exact) mass is 418 g/mol. The summed E-state index contributed by atoms with van der Waals surface area (Å²) in [7, 11) is 0. The van der Waals surface area contributed by atoms with Crippen LogP contribution >= 0.6 is 15.9 Å². The standard InChI is InChI=1S/C20H23BrN2O3/c1-2-26-20(24)18-13-17(22-14-15-4-3-5-16(21)12-15)6-7-19(18)23-8-10-25-11-9-23/h3-7,12-13,22H,2,8-11,14H2,1H3. The molecule has 0 bridgehead atoms. The van der Waals surface area contributed by atoms with E-state index in [4.69, 9.17) is 9.47 Å². The van der Waals surface area contributed by atoms with Gasteiger partial charge >= 0.3 is 5.97 Å². The molecule has 1 saturated heterocycles. The zero-order valence-electron chi connectivity index (χ0n) is 14.8. The summed E-state index contributed by atoms with van der Waals surface area (Å²) in [5, 5.41) is 3.38. The maximum Gasteiger partial charge on any atom is 0.340 e. The molecule has 0 aromatic heterocycles. The van der Waals surface area contributed by atoms with Gasteiger partial charge in [0.15, 0.2) is 0 Å². The van der Waals surface area contributed by atoms with E-state index < -0.39 is 0 Å². The Morgan fingerprint density at radius 1 is 1.23 bits per heavy atom.